The van der Waals surface area contributed by atoms with E-state index in [1.807, 2.05) is 0 Å². The summed E-state index contributed by atoms with van der Waals surface area (Å²) in [5, 5.41) is 9.26. The van der Waals surface area contributed by atoms with E-state index in [1.165, 1.54) is 6.42 Å². The van der Waals surface area contributed by atoms with Gasteiger partial charge in [0.25, 0.3) is 0 Å². The molecule has 0 aliphatic heterocycles. The average Bonchev–Trinajstić information content (AvgIpc) is 2.28. The van der Waals surface area contributed by atoms with E-state index in [0.29, 0.717) is 24.2 Å². The second-order valence-corrected chi connectivity index (χ2v) is 5.71. The van der Waals surface area contributed by atoms with Crippen molar-refractivity contribution in [2.75, 3.05) is 0 Å². The quantitative estimate of drug-likeness (QED) is 0.620. The van der Waals surface area contributed by atoms with Gasteiger partial charge >= 0.3 is 6.16 Å². The van der Waals surface area contributed by atoms with Crippen LogP contribution in [0.25, 0.3) is 0 Å². The van der Waals surface area contributed by atoms with Crippen LogP contribution in [0.3, 0.4) is 0 Å². The highest BCUT2D eigenvalue weighted by atomic mass is 16.8. The molecule has 1 aliphatic rings. The summed E-state index contributed by atoms with van der Waals surface area (Å²) in [4.78, 5) is 11.6. The molecule has 1 fully saturated rings. The lowest BCUT2D eigenvalue weighted by molar-refractivity contribution is -0.103. The monoisotopic (exact) mass is 258 g/mol. The minimum atomic E-state index is -1.06. The average molecular weight is 258 g/mol. The predicted molar refractivity (Wildman–Crippen MR) is 69.0 cm³/mol. The van der Waals surface area contributed by atoms with Crippen LogP contribution < -0.4 is 0 Å². The zero-order valence-electron chi connectivity index (χ0n) is 11.9. The fourth-order valence-electron chi connectivity index (χ4n) is 2.60. The highest BCUT2D eigenvalue weighted by Crippen LogP contribution is 2.35. The molecule has 4 nitrogen and oxygen atoms in total. The van der Waals surface area contributed by atoms with Crippen LogP contribution in [0.15, 0.2) is 0 Å². The molecular weight excluding hydrogens is 232 g/mol. The van der Waals surface area contributed by atoms with E-state index in [2.05, 4.69) is 20.8 Å². The molecule has 4 atom stereocenters. The van der Waals surface area contributed by atoms with Gasteiger partial charge in [0.15, 0.2) is 0 Å². The van der Waals surface area contributed by atoms with Gasteiger partial charge in [-0.05, 0) is 30.6 Å². The third kappa shape index (κ3) is 4.48. The van der Waals surface area contributed by atoms with Crippen LogP contribution in [0.4, 0.5) is 4.79 Å². The summed E-state index contributed by atoms with van der Waals surface area (Å²) < 4.78 is 10.1. The second kappa shape index (κ2) is 6.98. The highest BCUT2D eigenvalue weighted by molar-refractivity contribution is 5.60. The Labute approximate surface area is 110 Å². The Kier molecular flexibility index (Phi) is 5.93. The van der Waals surface area contributed by atoms with E-state index in [1.54, 1.807) is 6.92 Å². The van der Waals surface area contributed by atoms with Crippen molar-refractivity contribution in [1.82, 2.24) is 0 Å². The van der Waals surface area contributed by atoms with Crippen LogP contribution in [0.1, 0.15) is 53.4 Å². The van der Waals surface area contributed by atoms with Gasteiger partial charge in [-0.3, -0.25) is 0 Å². The van der Waals surface area contributed by atoms with Crippen molar-refractivity contribution in [3.63, 3.8) is 0 Å². The highest BCUT2D eigenvalue weighted by Gasteiger charge is 2.34. The van der Waals surface area contributed by atoms with E-state index in [0.717, 1.165) is 12.8 Å². The number of carbonyl (C=O) groups excluding carboxylic acids is 1. The summed E-state index contributed by atoms with van der Waals surface area (Å²) in [6, 6.07) is 0. The minimum Gasteiger partial charge on any atom is -0.431 e. The van der Waals surface area contributed by atoms with Crippen molar-refractivity contribution in [2.24, 2.45) is 17.8 Å². The molecule has 4 unspecified atom stereocenters. The molecule has 0 aromatic rings. The van der Waals surface area contributed by atoms with Crippen LogP contribution in [0, 0.1) is 17.8 Å². The molecule has 0 bridgehead atoms. The maximum Gasteiger partial charge on any atom is 0.510 e. The zero-order valence-corrected chi connectivity index (χ0v) is 11.9. The van der Waals surface area contributed by atoms with E-state index < -0.39 is 12.4 Å². The van der Waals surface area contributed by atoms with Crippen molar-refractivity contribution in [3.05, 3.63) is 0 Å². The number of rotatable bonds is 4. The van der Waals surface area contributed by atoms with Gasteiger partial charge in [-0.15, -0.1) is 0 Å². The molecule has 0 saturated heterocycles. The third-order valence-corrected chi connectivity index (χ3v) is 3.79. The third-order valence-electron chi connectivity index (χ3n) is 3.79. The normalized spacial score (nSPS) is 30.0. The van der Waals surface area contributed by atoms with Crippen LogP contribution >= 0.6 is 0 Å². The van der Waals surface area contributed by atoms with E-state index in [-0.39, 0.29) is 6.10 Å². The number of hydrogen-bond acceptors (Lipinski definition) is 4. The lowest BCUT2D eigenvalue weighted by atomic mass is 9.75. The molecule has 18 heavy (non-hydrogen) atoms. The Morgan fingerprint density at radius 3 is 2.61 bits per heavy atom. The van der Waals surface area contributed by atoms with Crippen molar-refractivity contribution in [3.8, 4) is 0 Å². The molecule has 1 rings (SSSR count). The Balaban J connectivity index is 2.52. The van der Waals surface area contributed by atoms with Crippen molar-refractivity contribution < 1.29 is 19.4 Å². The van der Waals surface area contributed by atoms with Gasteiger partial charge < -0.3 is 14.6 Å². The van der Waals surface area contributed by atoms with Crippen molar-refractivity contribution in [1.29, 1.82) is 0 Å². The fourth-order valence-corrected chi connectivity index (χ4v) is 2.60. The molecule has 106 valence electrons. The minimum absolute atomic E-state index is 0.0784. The summed E-state index contributed by atoms with van der Waals surface area (Å²) in [7, 11) is 0. The van der Waals surface area contributed by atoms with E-state index in [9.17, 15) is 9.90 Å². The van der Waals surface area contributed by atoms with Crippen LogP contribution in [-0.2, 0) is 9.47 Å². The maximum absolute atomic E-state index is 11.6. The standard InChI is InChI=1S/C14H26O4/c1-5-13(15)18-14(16)17-12-8-10(4)6-7-11(12)9(2)3/h9-13,15H,5-8H2,1-4H3. The molecule has 0 aromatic heterocycles. The number of hydrogen-bond donors (Lipinski definition) is 1. The first-order valence-electron chi connectivity index (χ1n) is 6.99. The number of carbonyl (C=O) groups is 1. The molecule has 1 saturated carbocycles. The number of aliphatic hydroxyl groups excluding tert-OH is 1. The van der Waals surface area contributed by atoms with Gasteiger partial charge in [-0.2, -0.15) is 0 Å². The van der Waals surface area contributed by atoms with Gasteiger partial charge in [0.1, 0.15) is 6.10 Å². The summed E-state index contributed by atoms with van der Waals surface area (Å²) in [5.74, 6) is 1.47. The van der Waals surface area contributed by atoms with Crippen LogP contribution in [0.2, 0.25) is 0 Å². The van der Waals surface area contributed by atoms with Gasteiger partial charge in [0.2, 0.25) is 6.29 Å². The summed E-state index contributed by atoms with van der Waals surface area (Å²) in [5.41, 5.74) is 0. The molecule has 0 aromatic carbocycles. The number of aliphatic hydroxyl groups is 1. The van der Waals surface area contributed by atoms with Crippen molar-refractivity contribution >= 4 is 6.16 Å². The summed E-state index contributed by atoms with van der Waals surface area (Å²) >= 11 is 0. The van der Waals surface area contributed by atoms with Crippen molar-refractivity contribution in [2.45, 2.75) is 65.8 Å². The first kappa shape index (κ1) is 15.3. The Morgan fingerprint density at radius 2 is 2.06 bits per heavy atom. The van der Waals surface area contributed by atoms with Crippen LogP contribution in [-0.4, -0.2) is 23.7 Å². The molecule has 0 amide bonds. The SMILES string of the molecule is CCC(O)OC(=O)OC1CC(C)CCC1C(C)C. The molecule has 0 heterocycles. The van der Waals surface area contributed by atoms with Gasteiger partial charge in [0.05, 0.1) is 0 Å². The predicted octanol–water partition coefficient (Wildman–Crippen LogP) is 3.33. The fraction of sp³-hybridized carbons (Fsp3) is 0.929. The molecule has 0 spiro atoms. The van der Waals surface area contributed by atoms with E-state index in [4.69, 9.17) is 9.47 Å². The smallest absolute Gasteiger partial charge is 0.431 e. The Hall–Kier alpha value is -0.770. The second-order valence-electron chi connectivity index (χ2n) is 5.71. The summed E-state index contributed by atoms with van der Waals surface area (Å²) in [6.07, 6.45) is 1.67. The number of ether oxygens (including phenoxy) is 2. The molecular formula is C14H26O4. The van der Waals surface area contributed by atoms with Gasteiger partial charge in [0, 0.05) is 6.42 Å². The van der Waals surface area contributed by atoms with Crippen LogP contribution in [0.5, 0.6) is 0 Å². The first-order chi connectivity index (χ1) is 8.43. The Bertz CT molecular complexity index is 265. The Morgan fingerprint density at radius 1 is 1.39 bits per heavy atom. The zero-order chi connectivity index (χ0) is 13.7. The lowest BCUT2D eigenvalue weighted by Gasteiger charge is -2.36. The largest absolute Gasteiger partial charge is 0.510 e. The van der Waals surface area contributed by atoms with Gasteiger partial charge in [-0.1, -0.05) is 34.1 Å². The summed E-state index contributed by atoms with van der Waals surface area (Å²) in [6.45, 7) is 8.24. The molecule has 1 aliphatic carbocycles. The lowest BCUT2D eigenvalue weighted by Crippen LogP contribution is -2.36. The topological polar surface area (TPSA) is 55.8 Å². The van der Waals surface area contributed by atoms with E-state index >= 15 is 0 Å². The van der Waals surface area contributed by atoms with Gasteiger partial charge in [-0.25, -0.2) is 4.79 Å². The first-order valence-corrected chi connectivity index (χ1v) is 6.99. The molecule has 4 heteroatoms. The maximum atomic E-state index is 11.6. The molecule has 1 N–H and O–H groups in total. The molecule has 0 radical (unpaired) electrons.